The van der Waals surface area contributed by atoms with Crippen molar-refractivity contribution in [1.29, 1.82) is 0 Å². The summed E-state index contributed by atoms with van der Waals surface area (Å²) in [5, 5.41) is 0. The van der Waals surface area contributed by atoms with Gasteiger partial charge in [-0.1, -0.05) is 15.9 Å². The molecule has 0 saturated carbocycles. The number of morpholine rings is 1. The summed E-state index contributed by atoms with van der Waals surface area (Å²) in [6.07, 6.45) is 0. The van der Waals surface area contributed by atoms with Gasteiger partial charge in [0.1, 0.15) is 19.0 Å². The summed E-state index contributed by atoms with van der Waals surface area (Å²) in [5.41, 5.74) is 0.818. The van der Waals surface area contributed by atoms with Crippen LogP contribution in [0.15, 0.2) is 22.7 Å². The molecule has 0 aliphatic carbocycles. The van der Waals surface area contributed by atoms with E-state index in [1.165, 1.54) is 4.90 Å². The summed E-state index contributed by atoms with van der Waals surface area (Å²) in [7, 11) is 1.57. The predicted octanol–water partition coefficient (Wildman–Crippen LogP) is 1.34. The molecule has 0 bridgehead atoms. The summed E-state index contributed by atoms with van der Waals surface area (Å²) in [6.45, 7) is 0.124. The molecular formula is C12H12BrNO4. The lowest BCUT2D eigenvalue weighted by molar-refractivity contribution is -0.159. The van der Waals surface area contributed by atoms with Crippen LogP contribution in [0.2, 0.25) is 0 Å². The molecule has 0 aromatic heterocycles. The van der Waals surface area contributed by atoms with Crippen LogP contribution in [0.3, 0.4) is 0 Å². The first-order valence-electron chi connectivity index (χ1n) is 5.35. The van der Waals surface area contributed by atoms with Crippen molar-refractivity contribution >= 4 is 27.7 Å². The number of hydrogen-bond donors (Lipinski definition) is 0. The first kappa shape index (κ1) is 13.0. The number of halogens is 1. The van der Waals surface area contributed by atoms with Gasteiger partial charge in [0.2, 0.25) is 0 Å². The van der Waals surface area contributed by atoms with Crippen LogP contribution >= 0.6 is 15.9 Å². The Morgan fingerprint density at radius 2 is 2.00 bits per heavy atom. The maximum absolute atomic E-state index is 11.6. The normalized spacial score (nSPS) is 16.0. The number of carbonyl (C=O) groups excluding carboxylic acids is 2. The standard InChI is InChI=1S/C12H12BrNO4/c1-17-9-2-3-10(13)8(4-9)5-14-11(15)6-18-7-12(14)16/h2-4H,5-7H2,1H3. The third-order valence-electron chi connectivity index (χ3n) is 2.63. The Balaban J connectivity index is 2.22. The second-order valence-corrected chi connectivity index (χ2v) is 4.68. The van der Waals surface area contributed by atoms with Gasteiger partial charge in [0.25, 0.3) is 11.8 Å². The van der Waals surface area contributed by atoms with Crippen LogP contribution in [-0.2, 0) is 20.9 Å². The predicted molar refractivity (Wildman–Crippen MR) is 67.1 cm³/mol. The largest absolute Gasteiger partial charge is 0.497 e. The number of amides is 2. The molecule has 1 heterocycles. The molecule has 1 aromatic carbocycles. The van der Waals surface area contributed by atoms with E-state index in [0.717, 1.165) is 10.0 Å². The lowest BCUT2D eigenvalue weighted by atomic mass is 10.2. The lowest BCUT2D eigenvalue weighted by Gasteiger charge is -2.25. The molecule has 2 amide bonds. The zero-order chi connectivity index (χ0) is 13.1. The van der Waals surface area contributed by atoms with Gasteiger partial charge < -0.3 is 9.47 Å². The summed E-state index contributed by atoms with van der Waals surface area (Å²) in [4.78, 5) is 24.4. The molecule has 1 aliphatic rings. The van der Waals surface area contributed by atoms with Gasteiger partial charge in [-0.05, 0) is 23.8 Å². The van der Waals surface area contributed by atoms with Gasteiger partial charge in [0.05, 0.1) is 13.7 Å². The van der Waals surface area contributed by atoms with Crippen LogP contribution in [0, 0.1) is 0 Å². The number of imide groups is 1. The summed E-state index contributed by atoms with van der Waals surface area (Å²) >= 11 is 3.39. The molecule has 1 fully saturated rings. The van der Waals surface area contributed by atoms with E-state index < -0.39 is 0 Å². The highest BCUT2D eigenvalue weighted by Gasteiger charge is 2.27. The Kier molecular flexibility index (Phi) is 3.98. The van der Waals surface area contributed by atoms with E-state index in [9.17, 15) is 9.59 Å². The first-order chi connectivity index (χ1) is 8.61. The minimum Gasteiger partial charge on any atom is -0.497 e. The molecule has 1 aliphatic heterocycles. The van der Waals surface area contributed by atoms with Gasteiger partial charge in [0, 0.05) is 4.47 Å². The smallest absolute Gasteiger partial charge is 0.255 e. The minimum atomic E-state index is -0.319. The zero-order valence-electron chi connectivity index (χ0n) is 9.81. The molecule has 2 rings (SSSR count). The van der Waals surface area contributed by atoms with Crippen molar-refractivity contribution in [3.63, 3.8) is 0 Å². The summed E-state index contributed by atoms with van der Waals surface area (Å²) in [5.74, 6) is 0.0447. The molecule has 0 unspecified atom stereocenters. The second-order valence-electron chi connectivity index (χ2n) is 3.82. The number of benzene rings is 1. The highest BCUT2D eigenvalue weighted by molar-refractivity contribution is 9.10. The number of carbonyl (C=O) groups is 2. The molecule has 96 valence electrons. The Bertz CT molecular complexity index is 473. The molecule has 18 heavy (non-hydrogen) atoms. The maximum Gasteiger partial charge on any atom is 0.255 e. The van der Waals surface area contributed by atoms with Crippen LogP contribution in [0.25, 0.3) is 0 Å². The fraction of sp³-hybridized carbons (Fsp3) is 0.333. The summed E-state index contributed by atoms with van der Waals surface area (Å²) in [6, 6.07) is 5.42. The number of hydrogen-bond acceptors (Lipinski definition) is 4. The molecule has 0 radical (unpaired) electrons. The molecule has 0 N–H and O–H groups in total. The zero-order valence-corrected chi connectivity index (χ0v) is 11.4. The van der Waals surface area contributed by atoms with Crippen molar-refractivity contribution in [2.24, 2.45) is 0 Å². The monoisotopic (exact) mass is 313 g/mol. The van der Waals surface area contributed by atoms with E-state index in [4.69, 9.17) is 9.47 Å². The van der Waals surface area contributed by atoms with E-state index in [0.29, 0.717) is 5.75 Å². The van der Waals surface area contributed by atoms with E-state index in [2.05, 4.69) is 15.9 Å². The quantitative estimate of drug-likeness (QED) is 0.790. The first-order valence-corrected chi connectivity index (χ1v) is 6.14. The van der Waals surface area contributed by atoms with Crippen molar-refractivity contribution in [2.45, 2.75) is 6.54 Å². The Labute approximate surface area is 113 Å². The van der Waals surface area contributed by atoms with Crippen LogP contribution in [-0.4, -0.2) is 37.0 Å². The molecule has 1 saturated heterocycles. The van der Waals surface area contributed by atoms with Gasteiger partial charge in [0.15, 0.2) is 0 Å². The third-order valence-corrected chi connectivity index (χ3v) is 3.41. The Morgan fingerprint density at radius 1 is 1.33 bits per heavy atom. The number of methoxy groups -OCH3 is 1. The van der Waals surface area contributed by atoms with Crippen molar-refractivity contribution in [3.8, 4) is 5.75 Å². The number of rotatable bonds is 3. The average molecular weight is 314 g/mol. The molecule has 0 atom stereocenters. The Hall–Kier alpha value is -1.40. The highest BCUT2D eigenvalue weighted by Crippen LogP contribution is 2.24. The summed E-state index contributed by atoms with van der Waals surface area (Å²) < 4.78 is 10.8. The Morgan fingerprint density at radius 3 is 2.61 bits per heavy atom. The van der Waals surface area contributed by atoms with Crippen molar-refractivity contribution in [3.05, 3.63) is 28.2 Å². The van der Waals surface area contributed by atoms with Crippen molar-refractivity contribution in [1.82, 2.24) is 4.90 Å². The molecule has 0 spiro atoms. The topological polar surface area (TPSA) is 55.8 Å². The van der Waals surface area contributed by atoms with E-state index in [-0.39, 0.29) is 31.6 Å². The van der Waals surface area contributed by atoms with Crippen LogP contribution in [0.1, 0.15) is 5.56 Å². The van der Waals surface area contributed by atoms with E-state index in [1.54, 1.807) is 19.2 Å². The third kappa shape index (κ3) is 2.70. The SMILES string of the molecule is COc1ccc(Br)c(CN2C(=O)COCC2=O)c1. The average Bonchev–Trinajstić information content (AvgIpc) is 2.36. The van der Waals surface area contributed by atoms with Crippen molar-refractivity contribution < 1.29 is 19.1 Å². The van der Waals surface area contributed by atoms with Gasteiger partial charge in [-0.3, -0.25) is 14.5 Å². The number of nitrogens with zero attached hydrogens (tertiary/aromatic N) is 1. The van der Waals surface area contributed by atoms with E-state index >= 15 is 0 Å². The van der Waals surface area contributed by atoms with Gasteiger partial charge in [-0.15, -0.1) is 0 Å². The van der Waals surface area contributed by atoms with Crippen LogP contribution < -0.4 is 4.74 Å². The fourth-order valence-electron chi connectivity index (χ4n) is 1.67. The lowest BCUT2D eigenvalue weighted by Crippen LogP contribution is -2.45. The van der Waals surface area contributed by atoms with Crippen LogP contribution in [0.4, 0.5) is 0 Å². The van der Waals surface area contributed by atoms with Gasteiger partial charge in [-0.2, -0.15) is 0 Å². The van der Waals surface area contributed by atoms with E-state index in [1.807, 2.05) is 6.07 Å². The van der Waals surface area contributed by atoms with Gasteiger partial charge in [-0.25, -0.2) is 0 Å². The highest BCUT2D eigenvalue weighted by atomic mass is 79.9. The molecule has 5 nitrogen and oxygen atoms in total. The molecular weight excluding hydrogens is 302 g/mol. The van der Waals surface area contributed by atoms with Crippen LogP contribution in [0.5, 0.6) is 5.75 Å². The molecule has 6 heteroatoms. The molecule has 1 aromatic rings. The maximum atomic E-state index is 11.6. The van der Waals surface area contributed by atoms with Crippen molar-refractivity contribution in [2.75, 3.05) is 20.3 Å². The number of ether oxygens (including phenoxy) is 2. The van der Waals surface area contributed by atoms with Gasteiger partial charge >= 0.3 is 0 Å². The second kappa shape index (κ2) is 5.49. The fourth-order valence-corrected chi connectivity index (χ4v) is 2.04. The minimum absolute atomic E-state index is 0.0483.